The molecule has 106 valence electrons. The number of hydrogen-bond donors (Lipinski definition) is 1. The van der Waals surface area contributed by atoms with Gasteiger partial charge in [-0.05, 0) is 34.1 Å². The van der Waals surface area contributed by atoms with E-state index in [1.54, 1.807) is 6.07 Å². The summed E-state index contributed by atoms with van der Waals surface area (Å²) < 4.78 is 24.9. The van der Waals surface area contributed by atoms with Crippen molar-refractivity contribution in [3.8, 4) is 11.5 Å². The molecule has 2 aromatic rings. The van der Waals surface area contributed by atoms with Gasteiger partial charge in [0.2, 0.25) is 0 Å². The molecule has 0 radical (unpaired) electrons. The average molecular weight is 340 g/mol. The number of para-hydroxylation sites is 1. The molecule has 0 fully saturated rings. The van der Waals surface area contributed by atoms with Gasteiger partial charge in [0.15, 0.2) is 0 Å². The summed E-state index contributed by atoms with van der Waals surface area (Å²) in [4.78, 5) is 0. The van der Waals surface area contributed by atoms with Crippen molar-refractivity contribution >= 4 is 15.9 Å². The molecule has 0 aliphatic heterocycles. The summed E-state index contributed by atoms with van der Waals surface area (Å²) in [5.41, 5.74) is 6.57. The number of nitrogens with two attached hydrogens (primary N) is 1. The molecule has 0 atom stereocenters. The first-order valence-corrected chi connectivity index (χ1v) is 6.98. The van der Waals surface area contributed by atoms with E-state index >= 15 is 0 Å². The number of rotatable bonds is 6. The summed E-state index contributed by atoms with van der Waals surface area (Å²) in [5.74, 6) is 0.871. The Morgan fingerprint density at radius 1 is 1.00 bits per heavy atom. The number of ether oxygens (including phenoxy) is 2. The normalized spacial score (nSPS) is 10.3. The molecular weight excluding hydrogens is 325 g/mol. The Hall–Kier alpha value is -1.59. The standard InChI is InChI=1S/C15H15BrFNO2/c16-13-6-5-12(17)9-15(13)20-8-7-19-14-4-2-1-3-11(14)10-18/h1-6,9H,7-8,10,18H2. The first-order chi connectivity index (χ1) is 9.70. The van der Waals surface area contributed by atoms with Gasteiger partial charge in [0.25, 0.3) is 0 Å². The van der Waals surface area contributed by atoms with Crippen LogP contribution >= 0.6 is 15.9 Å². The molecule has 0 unspecified atom stereocenters. The molecule has 0 bridgehead atoms. The van der Waals surface area contributed by atoms with Gasteiger partial charge in [-0.3, -0.25) is 0 Å². The third kappa shape index (κ3) is 3.95. The second-order valence-corrected chi connectivity index (χ2v) is 4.94. The lowest BCUT2D eigenvalue weighted by Crippen LogP contribution is -2.11. The van der Waals surface area contributed by atoms with Crippen molar-refractivity contribution in [2.45, 2.75) is 6.54 Å². The van der Waals surface area contributed by atoms with Gasteiger partial charge in [-0.2, -0.15) is 0 Å². The molecule has 5 heteroatoms. The second kappa shape index (κ2) is 7.26. The Bertz CT molecular complexity index is 578. The van der Waals surface area contributed by atoms with Gasteiger partial charge >= 0.3 is 0 Å². The van der Waals surface area contributed by atoms with Crippen LogP contribution in [-0.2, 0) is 6.54 Å². The Balaban J connectivity index is 1.86. The molecular formula is C15H15BrFNO2. The van der Waals surface area contributed by atoms with E-state index in [9.17, 15) is 4.39 Å². The van der Waals surface area contributed by atoms with Gasteiger partial charge in [0, 0.05) is 18.2 Å². The van der Waals surface area contributed by atoms with Crippen molar-refractivity contribution < 1.29 is 13.9 Å². The van der Waals surface area contributed by atoms with Crippen LogP contribution < -0.4 is 15.2 Å². The van der Waals surface area contributed by atoms with Crippen LogP contribution in [0.25, 0.3) is 0 Å². The maximum Gasteiger partial charge on any atom is 0.136 e. The van der Waals surface area contributed by atoms with Crippen molar-refractivity contribution in [1.82, 2.24) is 0 Å². The lowest BCUT2D eigenvalue weighted by atomic mass is 10.2. The van der Waals surface area contributed by atoms with Crippen molar-refractivity contribution in [2.24, 2.45) is 5.73 Å². The zero-order valence-electron chi connectivity index (χ0n) is 10.8. The first kappa shape index (κ1) is 14.8. The minimum atomic E-state index is -0.336. The van der Waals surface area contributed by atoms with Crippen LogP contribution in [0.4, 0.5) is 4.39 Å². The highest BCUT2D eigenvalue weighted by Gasteiger charge is 2.04. The first-order valence-electron chi connectivity index (χ1n) is 6.19. The van der Waals surface area contributed by atoms with E-state index in [2.05, 4.69) is 15.9 Å². The predicted octanol–water partition coefficient (Wildman–Crippen LogP) is 3.50. The summed E-state index contributed by atoms with van der Waals surface area (Å²) in [7, 11) is 0. The lowest BCUT2D eigenvalue weighted by Gasteiger charge is -2.11. The SMILES string of the molecule is NCc1ccccc1OCCOc1cc(F)ccc1Br. The summed E-state index contributed by atoms with van der Waals surface area (Å²) in [6.45, 7) is 1.10. The Labute approximate surface area is 125 Å². The van der Waals surface area contributed by atoms with E-state index in [-0.39, 0.29) is 5.82 Å². The summed E-state index contributed by atoms with van der Waals surface area (Å²) in [5, 5.41) is 0. The third-order valence-corrected chi connectivity index (χ3v) is 3.34. The maximum absolute atomic E-state index is 13.1. The second-order valence-electron chi connectivity index (χ2n) is 4.08. The molecule has 0 amide bonds. The van der Waals surface area contributed by atoms with Crippen molar-refractivity contribution in [2.75, 3.05) is 13.2 Å². The van der Waals surface area contributed by atoms with E-state index in [4.69, 9.17) is 15.2 Å². The highest BCUT2D eigenvalue weighted by Crippen LogP contribution is 2.25. The smallest absolute Gasteiger partial charge is 0.136 e. The molecule has 0 aromatic heterocycles. The van der Waals surface area contributed by atoms with Crippen molar-refractivity contribution in [3.05, 3.63) is 58.3 Å². The highest BCUT2D eigenvalue weighted by molar-refractivity contribution is 9.10. The molecule has 2 rings (SSSR count). The zero-order chi connectivity index (χ0) is 14.4. The van der Waals surface area contributed by atoms with Crippen LogP contribution in [0.2, 0.25) is 0 Å². The highest BCUT2D eigenvalue weighted by atomic mass is 79.9. The van der Waals surface area contributed by atoms with E-state index in [1.165, 1.54) is 12.1 Å². The van der Waals surface area contributed by atoms with Crippen molar-refractivity contribution in [1.29, 1.82) is 0 Å². The largest absolute Gasteiger partial charge is 0.490 e. The molecule has 0 saturated carbocycles. The fraction of sp³-hybridized carbons (Fsp3) is 0.200. The number of benzene rings is 2. The van der Waals surface area contributed by atoms with Gasteiger partial charge in [-0.1, -0.05) is 18.2 Å². The van der Waals surface area contributed by atoms with Gasteiger partial charge < -0.3 is 15.2 Å². The third-order valence-electron chi connectivity index (χ3n) is 2.68. The van der Waals surface area contributed by atoms with Crippen LogP contribution in [0, 0.1) is 5.82 Å². The number of hydrogen-bond acceptors (Lipinski definition) is 3. The molecule has 0 saturated heterocycles. The minimum Gasteiger partial charge on any atom is -0.490 e. The van der Waals surface area contributed by atoms with Gasteiger partial charge in [-0.25, -0.2) is 4.39 Å². The predicted molar refractivity (Wildman–Crippen MR) is 79.4 cm³/mol. The van der Waals surface area contributed by atoms with Crippen LogP contribution in [0.1, 0.15) is 5.56 Å². The topological polar surface area (TPSA) is 44.5 Å². The molecule has 2 N–H and O–H groups in total. The van der Waals surface area contributed by atoms with Crippen LogP contribution in [0.15, 0.2) is 46.9 Å². The molecule has 0 heterocycles. The lowest BCUT2D eigenvalue weighted by molar-refractivity contribution is 0.214. The maximum atomic E-state index is 13.1. The molecule has 0 spiro atoms. The Morgan fingerprint density at radius 2 is 1.70 bits per heavy atom. The van der Waals surface area contributed by atoms with E-state index in [1.807, 2.05) is 24.3 Å². The molecule has 2 aromatic carbocycles. The molecule has 0 aliphatic carbocycles. The van der Waals surface area contributed by atoms with E-state index < -0.39 is 0 Å². The van der Waals surface area contributed by atoms with Crippen LogP contribution in [0.3, 0.4) is 0 Å². The quantitative estimate of drug-likeness (QED) is 0.819. The van der Waals surface area contributed by atoms with Gasteiger partial charge in [-0.15, -0.1) is 0 Å². The molecule has 3 nitrogen and oxygen atoms in total. The summed E-state index contributed by atoms with van der Waals surface area (Å²) in [6, 6.07) is 11.9. The fourth-order valence-electron chi connectivity index (χ4n) is 1.70. The molecule has 20 heavy (non-hydrogen) atoms. The minimum absolute atomic E-state index is 0.320. The number of halogens is 2. The van der Waals surface area contributed by atoms with Crippen molar-refractivity contribution in [3.63, 3.8) is 0 Å². The van der Waals surface area contributed by atoms with E-state index in [0.717, 1.165) is 11.3 Å². The van der Waals surface area contributed by atoms with Gasteiger partial charge in [0.05, 0.1) is 4.47 Å². The van der Waals surface area contributed by atoms with E-state index in [0.29, 0.717) is 30.0 Å². The zero-order valence-corrected chi connectivity index (χ0v) is 12.4. The van der Waals surface area contributed by atoms with Gasteiger partial charge in [0.1, 0.15) is 30.5 Å². The summed E-state index contributed by atoms with van der Waals surface area (Å²) in [6.07, 6.45) is 0. The Kier molecular flexibility index (Phi) is 5.38. The summed E-state index contributed by atoms with van der Waals surface area (Å²) >= 11 is 3.30. The Morgan fingerprint density at radius 3 is 2.45 bits per heavy atom. The fourth-order valence-corrected chi connectivity index (χ4v) is 2.07. The van der Waals surface area contributed by atoms with Crippen LogP contribution in [-0.4, -0.2) is 13.2 Å². The molecule has 0 aliphatic rings. The monoisotopic (exact) mass is 339 g/mol. The average Bonchev–Trinajstić information content (AvgIpc) is 2.47. The van der Waals surface area contributed by atoms with Crippen LogP contribution in [0.5, 0.6) is 11.5 Å².